The number of carboxylic acids is 1. The Morgan fingerprint density at radius 2 is 2.18 bits per heavy atom. The maximum Gasteiger partial charge on any atom is 0.355 e. The van der Waals surface area contributed by atoms with E-state index in [2.05, 4.69) is 10.3 Å². The minimum Gasteiger partial charge on any atom is -0.476 e. The molecule has 2 N–H and O–H groups in total. The Morgan fingerprint density at radius 1 is 1.36 bits per heavy atom. The Bertz CT molecular complexity index is 858. The highest BCUT2D eigenvalue weighted by atomic mass is 35.5. The molecule has 0 bridgehead atoms. The van der Waals surface area contributed by atoms with Gasteiger partial charge >= 0.3 is 5.97 Å². The highest BCUT2D eigenvalue weighted by Gasteiger charge is 2.15. The average molecular weight is 316 g/mol. The predicted octanol–water partition coefficient (Wildman–Crippen LogP) is 3.61. The van der Waals surface area contributed by atoms with Gasteiger partial charge in [-0.3, -0.25) is 4.40 Å². The molecule has 22 heavy (non-hydrogen) atoms. The lowest BCUT2D eigenvalue weighted by Crippen LogP contribution is -2.11. The van der Waals surface area contributed by atoms with E-state index >= 15 is 0 Å². The fourth-order valence-electron chi connectivity index (χ4n) is 2.38. The third-order valence-corrected chi connectivity index (χ3v) is 3.78. The normalized spacial score (nSPS) is 10.8. The van der Waals surface area contributed by atoms with Crippen LogP contribution in [0.25, 0.3) is 5.65 Å². The van der Waals surface area contributed by atoms with Crippen LogP contribution in [0.1, 0.15) is 21.6 Å². The fraction of sp³-hybridized carbons (Fsp3) is 0.125. The molecule has 2 aromatic heterocycles. The lowest BCUT2D eigenvalue weighted by atomic mass is 10.1. The van der Waals surface area contributed by atoms with Crippen molar-refractivity contribution in [3.05, 3.63) is 64.6 Å². The minimum atomic E-state index is -1.01. The summed E-state index contributed by atoms with van der Waals surface area (Å²) in [4.78, 5) is 15.7. The molecule has 0 aliphatic rings. The summed E-state index contributed by atoms with van der Waals surface area (Å²) in [6.45, 7) is 2.48. The van der Waals surface area contributed by atoms with Crippen LogP contribution in [0.2, 0.25) is 5.02 Å². The first-order valence-corrected chi connectivity index (χ1v) is 7.12. The van der Waals surface area contributed by atoms with E-state index in [4.69, 9.17) is 11.6 Å². The summed E-state index contributed by atoms with van der Waals surface area (Å²) < 4.78 is 1.55. The molecule has 0 amide bonds. The van der Waals surface area contributed by atoms with Crippen molar-refractivity contribution in [2.24, 2.45) is 0 Å². The second-order valence-corrected chi connectivity index (χ2v) is 5.42. The molecule has 1 aromatic carbocycles. The van der Waals surface area contributed by atoms with Crippen LogP contribution < -0.4 is 5.32 Å². The van der Waals surface area contributed by atoms with E-state index in [1.54, 1.807) is 28.9 Å². The van der Waals surface area contributed by atoms with Crippen LogP contribution in [-0.4, -0.2) is 20.5 Å². The zero-order chi connectivity index (χ0) is 15.7. The Morgan fingerprint density at radius 3 is 2.95 bits per heavy atom. The summed E-state index contributed by atoms with van der Waals surface area (Å²) in [5.74, 6) is -1.01. The van der Waals surface area contributed by atoms with Crippen molar-refractivity contribution >= 4 is 28.9 Å². The van der Waals surface area contributed by atoms with Crippen LogP contribution in [0.3, 0.4) is 0 Å². The Labute approximate surface area is 132 Å². The van der Waals surface area contributed by atoms with Crippen molar-refractivity contribution in [3.8, 4) is 0 Å². The number of benzene rings is 1. The highest BCUT2D eigenvalue weighted by Crippen LogP contribution is 2.21. The summed E-state index contributed by atoms with van der Waals surface area (Å²) in [5.41, 5.74) is 3.42. The van der Waals surface area contributed by atoms with Crippen LogP contribution in [0.15, 0.2) is 42.7 Å². The van der Waals surface area contributed by atoms with Gasteiger partial charge in [-0.25, -0.2) is 9.78 Å². The molecule has 0 spiro atoms. The molecule has 0 fully saturated rings. The molecule has 0 saturated carbocycles. The van der Waals surface area contributed by atoms with Crippen molar-refractivity contribution < 1.29 is 9.90 Å². The van der Waals surface area contributed by atoms with E-state index in [-0.39, 0.29) is 5.69 Å². The number of hydrogen-bond donors (Lipinski definition) is 2. The summed E-state index contributed by atoms with van der Waals surface area (Å²) in [6, 6.07) is 9.16. The van der Waals surface area contributed by atoms with Gasteiger partial charge in [-0.2, -0.15) is 0 Å². The maximum absolute atomic E-state index is 11.6. The second-order valence-electron chi connectivity index (χ2n) is 4.98. The van der Waals surface area contributed by atoms with Gasteiger partial charge in [-0.1, -0.05) is 17.7 Å². The molecule has 6 heteroatoms. The number of nitrogens with zero attached hydrogens (tertiary/aromatic N) is 2. The molecule has 5 nitrogen and oxygen atoms in total. The minimum absolute atomic E-state index is 0.162. The molecular formula is C16H14ClN3O2. The van der Waals surface area contributed by atoms with E-state index in [9.17, 15) is 9.90 Å². The Kier molecular flexibility index (Phi) is 3.73. The van der Waals surface area contributed by atoms with E-state index in [1.165, 1.54) is 0 Å². The highest BCUT2D eigenvalue weighted by molar-refractivity contribution is 6.30. The largest absolute Gasteiger partial charge is 0.476 e. The number of aryl methyl sites for hydroxylation is 1. The molecule has 0 radical (unpaired) electrons. The summed E-state index contributed by atoms with van der Waals surface area (Å²) in [7, 11) is 0. The SMILES string of the molecule is Cc1ccc(Cl)cc1CNc1ccc2nccn2c1C(=O)O. The number of carboxylic acid groups (broad SMARTS) is 1. The fourth-order valence-corrected chi connectivity index (χ4v) is 2.57. The van der Waals surface area contributed by atoms with Gasteiger partial charge < -0.3 is 10.4 Å². The van der Waals surface area contributed by atoms with Crippen molar-refractivity contribution in [3.63, 3.8) is 0 Å². The average Bonchev–Trinajstić information content (AvgIpc) is 2.95. The van der Waals surface area contributed by atoms with E-state index in [1.807, 2.05) is 25.1 Å². The molecule has 0 aliphatic heterocycles. The molecule has 3 aromatic rings. The zero-order valence-corrected chi connectivity index (χ0v) is 12.6. The third-order valence-electron chi connectivity index (χ3n) is 3.55. The number of pyridine rings is 1. The lowest BCUT2D eigenvalue weighted by Gasteiger charge is -2.13. The quantitative estimate of drug-likeness (QED) is 0.772. The van der Waals surface area contributed by atoms with Crippen LogP contribution in [0.4, 0.5) is 5.69 Å². The number of rotatable bonds is 4. The van der Waals surface area contributed by atoms with E-state index in [0.29, 0.717) is 22.9 Å². The Balaban J connectivity index is 1.95. The van der Waals surface area contributed by atoms with E-state index in [0.717, 1.165) is 11.1 Å². The van der Waals surface area contributed by atoms with Gasteiger partial charge in [-0.15, -0.1) is 0 Å². The van der Waals surface area contributed by atoms with Crippen molar-refractivity contribution in [2.45, 2.75) is 13.5 Å². The van der Waals surface area contributed by atoms with E-state index < -0.39 is 5.97 Å². The van der Waals surface area contributed by atoms with Crippen LogP contribution in [0, 0.1) is 6.92 Å². The molecule has 2 heterocycles. The molecule has 0 saturated heterocycles. The predicted molar refractivity (Wildman–Crippen MR) is 85.7 cm³/mol. The van der Waals surface area contributed by atoms with Crippen molar-refractivity contribution in [2.75, 3.05) is 5.32 Å². The van der Waals surface area contributed by atoms with Gasteiger partial charge in [0.1, 0.15) is 5.65 Å². The standard InChI is InChI=1S/C16H14ClN3O2/c1-10-2-3-12(17)8-11(10)9-19-13-4-5-14-18-6-7-20(14)15(13)16(21)22/h2-8,19H,9H2,1H3,(H,21,22). The maximum atomic E-state index is 11.6. The molecule has 0 aliphatic carbocycles. The van der Waals surface area contributed by atoms with Gasteiger partial charge in [0.2, 0.25) is 0 Å². The number of imidazole rings is 1. The number of halogens is 1. The number of aromatic nitrogens is 2. The molecule has 0 unspecified atom stereocenters. The molecule has 112 valence electrons. The van der Waals surface area contributed by atoms with Gasteiger partial charge in [-0.05, 0) is 42.3 Å². The molecular weight excluding hydrogens is 302 g/mol. The second kappa shape index (κ2) is 5.69. The molecule has 3 rings (SSSR count). The summed E-state index contributed by atoms with van der Waals surface area (Å²) in [5, 5.41) is 13.3. The number of carbonyl (C=O) groups is 1. The zero-order valence-electron chi connectivity index (χ0n) is 11.9. The topological polar surface area (TPSA) is 66.6 Å². The number of aromatic carboxylic acids is 1. The first-order valence-electron chi connectivity index (χ1n) is 6.74. The van der Waals surface area contributed by atoms with Crippen LogP contribution in [0.5, 0.6) is 0 Å². The number of anilines is 1. The van der Waals surface area contributed by atoms with Crippen LogP contribution >= 0.6 is 11.6 Å². The summed E-state index contributed by atoms with van der Waals surface area (Å²) in [6.07, 6.45) is 3.21. The van der Waals surface area contributed by atoms with Gasteiger partial charge in [0.05, 0.1) is 5.69 Å². The summed E-state index contributed by atoms with van der Waals surface area (Å²) >= 11 is 6.01. The van der Waals surface area contributed by atoms with Crippen LogP contribution in [-0.2, 0) is 6.54 Å². The van der Waals surface area contributed by atoms with Crippen molar-refractivity contribution in [1.82, 2.24) is 9.38 Å². The number of nitrogens with one attached hydrogen (secondary N) is 1. The molecule has 0 atom stereocenters. The number of hydrogen-bond acceptors (Lipinski definition) is 3. The number of fused-ring (bicyclic) bond motifs is 1. The first-order chi connectivity index (χ1) is 10.6. The Hall–Kier alpha value is -2.53. The smallest absolute Gasteiger partial charge is 0.355 e. The van der Waals surface area contributed by atoms with Gasteiger partial charge in [0.25, 0.3) is 0 Å². The monoisotopic (exact) mass is 315 g/mol. The first kappa shape index (κ1) is 14.4. The third kappa shape index (κ3) is 2.63. The van der Waals surface area contributed by atoms with Gasteiger partial charge in [0.15, 0.2) is 5.69 Å². The van der Waals surface area contributed by atoms with Crippen molar-refractivity contribution in [1.29, 1.82) is 0 Å². The van der Waals surface area contributed by atoms with Gasteiger partial charge in [0, 0.05) is 24.0 Å². The lowest BCUT2D eigenvalue weighted by molar-refractivity contribution is 0.0690.